The monoisotopic (exact) mass is 248 g/mol. The number of hydrogen-bond donors (Lipinski definition) is 1. The Kier molecular flexibility index (Phi) is 4.28. The summed E-state index contributed by atoms with van der Waals surface area (Å²) in [5.41, 5.74) is 3.94. The Bertz CT molecular complexity index is 404. The zero-order valence-electron chi connectivity index (χ0n) is 11.7. The lowest BCUT2D eigenvalue weighted by Gasteiger charge is -2.26. The molecule has 0 aliphatic heterocycles. The van der Waals surface area contributed by atoms with Crippen LogP contribution in [0.2, 0.25) is 0 Å². The van der Waals surface area contributed by atoms with Crippen molar-refractivity contribution < 1.29 is 9.84 Å². The van der Waals surface area contributed by atoms with Gasteiger partial charge in [0, 0.05) is 0 Å². The summed E-state index contributed by atoms with van der Waals surface area (Å²) in [7, 11) is 1.75. The van der Waals surface area contributed by atoms with E-state index in [-0.39, 0.29) is 6.10 Å². The second-order valence-electron chi connectivity index (χ2n) is 5.64. The number of rotatable bonds is 3. The predicted molar refractivity (Wildman–Crippen MR) is 74.1 cm³/mol. The van der Waals surface area contributed by atoms with E-state index < -0.39 is 0 Å². The first kappa shape index (κ1) is 13.4. The molecule has 0 heterocycles. The van der Waals surface area contributed by atoms with E-state index in [9.17, 15) is 5.11 Å². The highest BCUT2D eigenvalue weighted by Gasteiger charge is 2.21. The first-order chi connectivity index (χ1) is 8.60. The molecule has 1 fully saturated rings. The minimum absolute atomic E-state index is 0.0674. The zero-order valence-corrected chi connectivity index (χ0v) is 11.7. The first-order valence-electron chi connectivity index (χ1n) is 6.92. The van der Waals surface area contributed by atoms with E-state index in [1.54, 1.807) is 7.11 Å². The molecule has 1 aliphatic carbocycles. The van der Waals surface area contributed by atoms with Gasteiger partial charge < -0.3 is 9.84 Å². The third kappa shape index (κ3) is 3.05. The summed E-state index contributed by atoms with van der Waals surface area (Å²) in [6.45, 7) is 4.28. The van der Waals surface area contributed by atoms with Gasteiger partial charge in [-0.1, -0.05) is 6.07 Å². The molecule has 18 heavy (non-hydrogen) atoms. The van der Waals surface area contributed by atoms with Crippen molar-refractivity contribution in [2.75, 3.05) is 7.11 Å². The van der Waals surface area contributed by atoms with E-state index in [4.69, 9.17) is 4.74 Å². The van der Waals surface area contributed by atoms with Crippen LogP contribution in [0.3, 0.4) is 0 Å². The summed E-state index contributed by atoms with van der Waals surface area (Å²) in [5.74, 6) is 1.72. The van der Waals surface area contributed by atoms with E-state index in [2.05, 4.69) is 26.0 Å². The smallest absolute Gasteiger partial charge is 0.122 e. The van der Waals surface area contributed by atoms with Gasteiger partial charge in [-0.2, -0.15) is 0 Å². The Morgan fingerprint density at radius 1 is 1.17 bits per heavy atom. The molecule has 0 unspecified atom stereocenters. The lowest BCUT2D eigenvalue weighted by atomic mass is 9.82. The van der Waals surface area contributed by atoms with Gasteiger partial charge in [0.1, 0.15) is 5.75 Å². The Morgan fingerprint density at radius 2 is 1.83 bits per heavy atom. The molecule has 2 nitrogen and oxygen atoms in total. The molecule has 2 heteroatoms. The molecule has 0 radical (unpaired) electrons. The molecule has 1 aromatic carbocycles. The van der Waals surface area contributed by atoms with Gasteiger partial charge in [-0.3, -0.25) is 0 Å². The van der Waals surface area contributed by atoms with E-state index in [0.717, 1.165) is 37.9 Å². The second kappa shape index (κ2) is 5.75. The minimum Gasteiger partial charge on any atom is -0.496 e. The molecule has 0 spiro atoms. The number of hydrogen-bond acceptors (Lipinski definition) is 2. The molecule has 2 rings (SSSR count). The van der Waals surface area contributed by atoms with Crippen LogP contribution in [0, 0.1) is 19.8 Å². The largest absolute Gasteiger partial charge is 0.496 e. The summed E-state index contributed by atoms with van der Waals surface area (Å²) >= 11 is 0. The second-order valence-corrected chi connectivity index (χ2v) is 5.64. The lowest BCUT2D eigenvalue weighted by molar-refractivity contribution is 0.108. The van der Waals surface area contributed by atoms with Gasteiger partial charge in [0.25, 0.3) is 0 Å². The fourth-order valence-corrected chi connectivity index (χ4v) is 3.04. The Morgan fingerprint density at radius 3 is 2.44 bits per heavy atom. The Hall–Kier alpha value is -1.02. The topological polar surface area (TPSA) is 29.5 Å². The number of aliphatic hydroxyl groups is 1. The maximum Gasteiger partial charge on any atom is 0.122 e. The third-order valence-electron chi connectivity index (χ3n) is 4.11. The van der Waals surface area contributed by atoms with Gasteiger partial charge >= 0.3 is 0 Å². The third-order valence-corrected chi connectivity index (χ3v) is 4.11. The van der Waals surface area contributed by atoms with Gasteiger partial charge in [0.15, 0.2) is 0 Å². The van der Waals surface area contributed by atoms with E-state index in [0.29, 0.717) is 5.92 Å². The fraction of sp³-hybridized carbons (Fsp3) is 0.625. The molecule has 0 atom stereocenters. The van der Waals surface area contributed by atoms with Crippen molar-refractivity contribution in [1.82, 2.24) is 0 Å². The molecule has 1 saturated carbocycles. The van der Waals surface area contributed by atoms with Crippen LogP contribution in [0.1, 0.15) is 42.4 Å². The Balaban J connectivity index is 2.13. The van der Waals surface area contributed by atoms with Crippen molar-refractivity contribution >= 4 is 0 Å². The van der Waals surface area contributed by atoms with Crippen LogP contribution in [-0.4, -0.2) is 18.3 Å². The standard InChI is InChI=1S/C16H24O2/c1-11-8-12(2)15(16(9-11)18-3)10-13-4-6-14(17)7-5-13/h8-9,13-14,17H,4-7,10H2,1-3H3. The van der Waals surface area contributed by atoms with Gasteiger partial charge in [-0.05, 0) is 74.6 Å². The van der Waals surface area contributed by atoms with Crippen molar-refractivity contribution in [3.8, 4) is 5.75 Å². The van der Waals surface area contributed by atoms with Crippen molar-refractivity contribution in [3.63, 3.8) is 0 Å². The average Bonchev–Trinajstić information content (AvgIpc) is 2.34. The van der Waals surface area contributed by atoms with Gasteiger partial charge in [0.05, 0.1) is 13.2 Å². The van der Waals surface area contributed by atoms with Crippen molar-refractivity contribution in [3.05, 3.63) is 28.8 Å². The maximum absolute atomic E-state index is 9.56. The van der Waals surface area contributed by atoms with Crippen molar-refractivity contribution in [2.45, 2.75) is 52.1 Å². The number of ether oxygens (including phenoxy) is 1. The molecule has 1 aliphatic rings. The molecule has 1 N–H and O–H groups in total. The van der Waals surface area contributed by atoms with Crippen LogP contribution in [0.4, 0.5) is 0 Å². The maximum atomic E-state index is 9.56. The minimum atomic E-state index is -0.0674. The van der Waals surface area contributed by atoms with Crippen LogP contribution in [0.15, 0.2) is 12.1 Å². The lowest BCUT2D eigenvalue weighted by Crippen LogP contribution is -2.20. The van der Waals surface area contributed by atoms with Crippen LogP contribution in [0.25, 0.3) is 0 Å². The normalized spacial score (nSPS) is 24.0. The van der Waals surface area contributed by atoms with Crippen LogP contribution in [-0.2, 0) is 6.42 Å². The summed E-state index contributed by atoms with van der Waals surface area (Å²) in [6, 6.07) is 4.36. The van der Waals surface area contributed by atoms with Crippen LogP contribution < -0.4 is 4.74 Å². The molecular formula is C16H24O2. The molecule has 100 valence electrons. The first-order valence-corrected chi connectivity index (χ1v) is 6.92. The quantitative estimate of drug-likeness (QED) is 0.888. The van der Waals surface area contributed by atoms with E-state index in [1.807, 2.05) is 0 Å². The highest BCUT2D eigenvalue weighted by atomic mass is 16.5. The van der Waals surface area contributed by atoms with Crippen LogP contribution in [0.5, 0.6) is 5.75 Å². The number of methoxy groups -OCH3 is 1. The van der Waals surface area contributed by atoms with E-state index >= 15 is 0 Å². The molecular weight excluding hydrogens is 224 g/mol. The average molecular weight is 248 g/mol. The van der Waals surface area contributed by atoms with Gasteiger partial charge in [0.2, 0.25) is 0 Å². The predicted octanol–water partition coefficient (Wildman–Crippen LogP) is 3.41. The highest BCUT2D eigenvalue weighted by molar-refractivity contribution is 5.43. The van der Waals surface area contributed by atoms with E-state index in [1.165, 1.54) is 16.7 Å². The SMILES string of the molecule is COc1cc(C)cc(C)c1CC1CCC(O)CC1. The molecule has 0 amide bonds. The fourth-order valence-electron chi connectivity index (χ4n) is 3.04. The summed E-state index contributed by atoms with van der Waals surface area (Å²) in [5, 5.41) is 9.56. The van der Waals surface area contributed by atoms with Crippen molar-refractivity contribution in [2.24, 2.45) is 5.92 Å². The van der Waals surface area contributed by atoms with Gasteiger partial charge in [-0.25, -0.2) is 0 Å². The zero-order chi connectivity index (χ0) is 13.1. The van der Waals surface area contributed by atoms with Crippen LogP contribution >= 0.6 is 0 Å². The number of benzene rings is 1. The van der Waals surface area contributed by atoms with Crippen molar-refractivity contribution in [1.29, 1.82) is 0 Å². The molecule has 0 aromatic heterocycles. The Labute approximate surface area is 110 Å². The summed E-state index contributed by atoms with van der Waals surface area (Å²) < 4.78 is 5.52. The molecule has 0 bridgehead atoms. The summed E-state index contributed by atoms with van der Waals surface area (Å²) in [6.07, 6.45) is 5.20. The summed E-state index contributed by atoms with van der Waals surface area (Å²) in [4.78, 5) is 0. The van der Waals surface area contributed by atoms with Gasteiger partial charge in [-0.15, -0.1) is 0 Å². The number of aryl methyl sites for hydroxylation is 2. The number of aliphatic hydroxyl groups excluding tert-OH is 1. The molecule has 1 aromatic rings. The molecule has 0 saturated heterocycles. The highest BCUT2D eigenvalue weighted by Crippen LogP contribution is 2.32.